The fraction of sp³-hybridized carbons (Fsp3) is 0.667. The fourth-order valence-corrected chi connectivity index (χ4v) is 2.48. The molecule has 3 nitrogen and oxygen atoms in total. The first-order valence-corrected chi connectivity index (χ1v) is 5.88. The summed E-state index contributed by atoms with van der Waals surface area (Å²) in [6, 6.07) is 0. The maximum absolute atomic E-state index is 13.1. The minimum absolute atomic E-state index is 0.207. The minimum atomic E-state index is -0.756. The van der Waals surface area contributed by atoms with E-state index in [-0.39, 0.29) is 5.69 Å². The van der Waals surface area contributed by atoms with Crippen LogP contribution in [0.5, 0.6) is 0 Å². The second kappa shape index (κ2) is 4.36. The van der Waals surface area contributed by atoms with Gasteiger partial charge in [-0.15, -0.1) is 0 Å². The van der Waals surface area contributed by atoms with Crippen molar-refractivity contribution in [1.82, 2.24) is 9.97 Å². The van der Waals surface area contributed by atoms with Crippen LogP contribution in [0.2, 0.25) is 0 Å². The lowest BCUT2D eigenvalue weighted by molar-refractivity contribution is 0.512. The number of nitrogens with one attached hydrogen (secondary N) is 1. The molecule has 1 saturated carbocycles. The SMILES string of the molecule is CCC1CCC(c2nc(C)c(F)c(=O)[nH]2)C1. The number of nitrogens with zero attached hydrogens (tertiary/aromatic N) is 1. The Morgan fingerprint density at radius 2 is 2.25 bits per heavy atom. The van der Waals surface area contributed by atoms with Crippen molar-refractivity contribution in [2.24, 2.45) is 5.92 Å². The summed E-state index contributed by atoms with van der Waals surface area (Å²) < 4.78 is 13.1. The first-order chi connectivity index (χ1) is 7.61. The van der Waals surface area contributed by atoms with Crippen LogP contribution in [0.3, 0.4) is 0 Å². The number of rotatable bonds is 2. The number of aromatic amines is 1. The molecule has 0 bridgehead atoms. The quantitative estimate of drug-likeness (QED) is 0.839. The molecular formula is C12H17FN2O. The van der Waals surface area contributed by atoms with Crippen molar-refractivity contribution in [1.29, 1.82) is 0 Å². The summed E-state index contributed by atoms with van der Waals surface area (Å²) in [5, 5.41) is 0. The van der Waals surface area contributed by atoms with Gasteiger partial charge in [0, 0.05) is 5.92 Å². The van der Waals surface area contributed by atoms with Crippen LogP contribution in [0.1, 0.15) is 50.0 Å². The molecule has 1 N–H and O–H groups in total. The van der Waals surface area contributed by atoms with E-state index in [9.17, 15) is 9.18 Å². The van der Waals surface area contributed by atoms with E-state index in [0.717, 1.165) is 18.8 Å². The summed E-state index contributed by atoms with van der Waals surface area (Å²) in [5.41, 5.74) is -0.429. The molecule has 0 saturated heterocycles. The zero-order chi connectivity index (χ0) is 11.7. The highest BCUT2D eigenvalue weighted by molar-refractivity contribution is 5.08. The monoisotopic (exact) mass is 224 g/mol. The van der Waals surface area contributed by atoms with E-state index in [1.807, 2.05) is 0 Å². The molecule has 1 aliphatic carbocycles. The third-order valence-electron chi connectivity index (χ3n) is 3.55. The summed E-state index contributed by atoms with van der Waals surface area (Å²) in [7, 11) is 0. The first kappa shape index (κ1) is 11.3. The average molecular weight is 224 g/mol. The highest BCUT2D eigenvalue weighted by atomic mass is 19.1. The highest BCUT2D eigenvalue weighted by Gasteiger charge is 2.26. The van der Waals surface area contributed by atoms with Gasteiger partial charge in [0.05, 0.1) is 5.69 Å². The molecule has 2 unspecified atom stereocenters. The van der Waals surface area contributed by atoms with Crippen molar-refractivity contribution in [2.45, 2.75) is 45.4 Å². The second-order valence-corrected chi connectivity index (χ2v) is 4.63. The number of aromatic nitrogens is 2. The van der Waals surface area contributed by atoms with Crippen LogP contribution < -0.4 is 5.56 Å². The van der Waals surface area contributed by atoms with Gasteiger partial charge in [-0.25, -0.2) is 4.98 Å². The van der Waals surface area contributed by atoms with Crippen LogP contribution in [-0.4, -0.2) is 9.97 Å². The maximum atomic E-state index is 13.1. The van der Waals surface area contributed by atoms with Crippen molar-refractivity contribution in [2.75, 3.05) is 0 Å². The molecule has 1 aliphatic rings. The van der Waals surface area contributed by atoms with E-state index >= 15 is 0 Å². The molecule has 1 fully saturated rings. The van der Waals surface area contributed by atoms with Gasteiger partial charge in [-0.1, -0.05) is 13.3 Å². The lowest BCUT2D eigenvalue weighted by Crippen LogP contribution is -2.18. The lowest BCUT2D eigenvalue weighted by atomic mass is 10.0. The van der Waals surface area contributed by atoms with Crippen LogP contribution in [0, 0.1) is 18.7 Å². The molecule has 88 valence electrons. The van der Waals surface area contributed by atoms with E-state index in [2.05, 4.69) is 16.9 Å². The molecule has 1 aromatic rings. The Labute approximate surface area is 94.1 Å². The Morgan fingerprint density at radius 1 is 1.50 bits per heavy atom. The molecule has 1 aromatic heterocycles. The standard InChI is InChI=1S/C12H17FN2O/c1-3-8-4-5-9(6-8)11-14-7(2)10(13)12(16)15-11/h8-9H,3-6H2,1-2H3,(H,14,15,16). The van der Waals surface area contributed by atoms with E-state index in [1.54, 1.807) is 6.92 Å². The summed E-state index contributed by atoms with van der Waals surface area (Å²) in [5.74, 6) is 0.936. The molecule has 2 rings (SSSR count). The van der Waals surface area contributed by atoms with Gasteiger partial charge in [-0.3, -0.25) is 4.79 Å². The van der Waals surface area contributed by atoms with Gasteiger partial charge < -0.3 is 4.98 Å². The topological polar surface area (TPSA) is 45.8 Å². The smallest absolute Gasteiger partial charge is 0.287 e. The van der Waals surface area contributed by atoms with E-state index in [0.29, 0.717) is 11.7 Å². The van der Waals surface area contributed by atoms with E-state index in [4.69, 9.17) is 0 Å². The van der Waals surface area contributed by atoms with Crippen molar-refractivity contribution in [3.8, 4) is 0 Å². The Hall–Kier alpha value is -1.19. The Morgan fingerprint density at radius 3 is 2.81 bits per heavy atom. The number of halogens is 1. The average Bonchev–Trinajstić information content (AvgIpc) is 2.73. The molecule has 2 atom stereocenters. The Balaban J connectivity index is 2.26. The zero-order valence-corrected chi connectivity index (χ0v) is 9.72. The fourth-order valence-electron chi connectivity index (χ4n) is 2.48. The summed E-state index contributed by atoms with van der Waals surface area (Å²) >= 11 is 0. The van der Waals surface area contributed by atoms with Crippen LogP contribution in [0.4, 0.5) is 4.39 Å². The molecule has 0 amide bonds. The van der Waals surface area contributed by atoms with Gasteiger partial charge in [-0.05, 0) is 32.1 Å². The molecule has 0 aliphatic heterocycles. The predicted molar refractivity (Wildman–Crippen MR) is 59.9 cm³/mol. The van der Waals surface area contributed by atoms with Crippen LogP contribution in [0.15, 0.2) is 4.79 Å². The number of hydrogen-bond donors (Lipinski definition) is 1. The van der Waals surface area contributed by atoms with Crippen LogP contribution in [0.25, 0.3) is 0 Å². The van der Waals surface area contributed by atoms with Gasteiger partial charge >= 0.3 is 0 Å². The third kappa shape index (κ3) is 2.01. The number of aryl methyl sites for hydroxylation is 1. The predicted octanol–water partition coefficient (Wildman–Crippen LogP) is 2.51. The molecular weight excluding hydrogens is 207 g/mol. The molecule has 4 heteroatoms. The lowest BCUT2D eigenvalue weighted by Gasteiger charge is -2.10. The van der Waals surface area contributed by atoms with Crippen LogP contribution in [-0.2, 0) is 0 Å². The van der Waals surface area contributed by atoms with Crippen molar-refractivity contribution in [3.05, 3.63) is 27.7 Å². The van der Waals surface area contributed by atoms with Crippen LogP contribution >= 0.6 is 0 Å². The number of hydrogen-bond acceptors (Lipinski definition) is 2. The summed E-state index contributed by atoms with van der Waals surface area (Å²) in [6.07, 6.45) is 4.46. The van der Waals surface area contributed by atoms with E-state index in [1.165, 1.54) is 12.8 Å². The zero-order valence-electron chi connectivity index (χ0n) is 9.72. The first-order valence-electron chi connectivity index (χ1n) is 5.88. The van der Waals surface area contributed by atoms with Crippen molar-refractivity contribution >= 4 is 0 Å². The van der Waals surface area contributed by atoms with Gasteiger partial charge in [0.15, 0.2) is 0 Å². The van der Waals surface area contributed by atoms with E-state index < -0.39 is 11.4 Å². The molecule has 1 heterocycles. The van der Waals surface area contributed by atoms with Gasteiger partial charge in [0.25, 0.3) is 5.56 Å². The summed E-state index contributed by atoms with van der Waals surface area (Å²) in [4.78, 5) is 18.0. The molecule has 0 aromatic carbocycles. The largest absolute Gasteiger partial charge is 0.308 e. The molecule has 0 radical (unpaired) electrons. The number of H-pyrrole nitrogens is 1. The maximum Gasteiger partial charge on any atom is 0.287 e. The normalized spacial score (nSPS) is 24.9. The molecule has 0 spiro atoms. The van der Waals surface area contributed by atoms with Gasteiger partial charge in [0.1, 0.15) is 5.82 Å². The van der Waals surface area contributed by atoms with Crippen molar-refractivity contribution in [3.63, 3.8) is 0 Å². The Bertz CT molecular complexity index is 441. The molecule has 16 heavy (non-hydrogen) atoms. The Kier molecular flexibility index (Phi) is 3.08. The second-order valence-electron chi connectivity index (χ2n) is 4.63. The summed E-state index contributed by atoms with van der Waals surface area (Å²) in [6.45, 7) is 3.72. The third-order valence-corrected chi connectivity index (χ3v) is 3.55. The minimum Gasteiger partial charge on any atom is -0.308 e. The van der Waals surface area contributed by atoms with Gasteiger partial charge in [0.2, 0.25) is 5.82 Å². The van der Waals surface area contributed by atoms with Crippen molar-refractivity contribution < 1.29 is 4.39 Å². The van der Waals surface area contributed by atoms with Gasteiger partial charge in [-0.2, -0.15) is 4.39 Å². The highest BCUT2D eigenvalue weighted by Crippen LogP contribution is 2.37.